The molecule has 8 heteroatoms. The maximum Gasteiger partial charge on any atom is 0.293 e. The van der Waals surface area contributed by atoms with E-state index < -0.39 is 0 Å². The highest BCUT2D eigenvalue weighted by Crippen LogP contribution is 2.24. The van der Waals surface area contributed by atoms with Crippen molar-refractivity contribution in [3.05, 3.63) is 78.1 Å². The zero-order valence-electron chi connectivity index (χ0n) is 15.2. The number of nitrogens with one attached hydrogen (secondary N) is 1. The number of amides is 1. The Morgan fingerprint density at radius 1 is 1.07 bits per heavy atom. The van der Waals surface area contributed by atoms with Gasteiger partial charge in [-0.1, -0.05) is 22.9 Å². The number of aryl methyl sites for hydroxylation is 1. The Labute approximate surface area is 161 Å². The summed E-state index contributed by atoms with van der Waals surface area (Å²) in [6.07, 6.45) is 3.83. The summed E-state index contributed by atoms with van der Waals surface area (Å²) >= 11 is 0. The molecule has 1 aromatic carbocycles. The SMILES string of the molecule is Cc1ccc(N(CCc2nn[nH]n2)C(=O)c2ccc(-c3ccncc3)o2)cc1. The molecule has 0 aliphatic rings. The number of hydrogen-bond acceptors (Lipinski definition) is 6. The van der Waals surface area contributed by atoms with Crippen LogP contribution in [0.5, 0.6) is 0 Å². The van der Waals surface area contributed by atoms with Crippen molar-refractivity contribution in [2.45, 2.75) is 13.3 Å². The van der Waals surface area contributed by atoms with Crippen LogP contribution >= 0.6 is 0 Å². The van der Waals surface area contributed by atoms with Gasteiger partial charge in [-0.05, 0) is 43.3 Å². The molecule has 0 bridgehead atoms. The zero-order chi connectivity index (χ0) is 19.3. The molecule has 0 fully saturated rings. The van der Waals surface area contributed by atoms with Gasteiger partial charge in [-0.15, -0.1) is 10.2 Å². The predicted molar refractivity (Wildman–Crippen MR) is 103 cm³/mol. The molecule has 4 aromatic rings. The molecule has 28 heavy (non-hydrogen) atoms. The summed E-state index contributed by atoms with van der Waals surface area (Å²) in [7, 11) is 0. The van der Waals surface area contributed by atoms with Crippen molar-refractivity contribution in [1.82, 2.24) is 25.6 Å². The van der Waals surface area contributed by atoms with Crippen molar-refractivity contribution in [3.8, 4) is 11.3 Å². The van der Waals surface area contributed by atoms with Crippen LogP contribution in [0.3, 0.4) is 0 Å². The Kier molecular flexibility index (Phi) is 4.92. The van der Waals surface area contributed by atoms with Gasteiger partial charge in [0.05, 0.1) is 0 Å². The number of rotatable bonds is 6. The van der Waals surface area contributed by atoms with Crippen molar-refractivity contribution < 1.29 is 9.21 Å². The number of nitrogens with zero attached hydrogens (tertiary/aromatic N) is 5. The first-order valence-electron chi connectivity index (χ1n) is 8.82. The molecule has 1 N–H and O–H groups in total. The van der Waals surface area contributed by atoms with Crippen molar-refractivity contribution in [2.24, 2.45) is 0 Å². The Bertz CT molecular complexity index is 1040. The molecule has 3 heterocycles. The van der Waals surface area contributed by atoms with Crippen LogP contribution in [0.25, 0.3) is 11.3 Å². The van der Waals surface area contributed by atoms with Gasteiger partial charge in [0.1, 0.15) is 5.76 Å². The van der Waals surface area contributed by atoms with Crippen LogP contribution in [0.15, 0.2) is 65.3 Å². The minimum Gasteiger partial charge on any atom is -0.451 e. The minimum absolute atomic E-state index is 0.229. The number of aromatic nitrogens is 5. The number of benzene rings is 1. The van der Waals surface area contributed by atoms with Gasteiger partial charge < -0.3 is 9.32 Å². The molecule has 140 valence electrons. The highest BCUT2D eigenvalue weighted by molar-refractivity contribution is 6.04. The lowest BCUT2D eigenvalue weighted by atomic mass is 10.2. The van der Waals surface area contributed by atoms with E-state index in [9.17, 15) is 4.79 Å². The summed E-state index contributed by atoms with van der Waals surface area (Å²) in [5, 5.41) is 13.9. The van der Waals surface area contributed by atoms with Gasteiger partial charge in [0, 0.05) is 36.6 Å². The van der Waals surface area contributed by atoms with Gasteiger partial charge in [-0.25, -0.2) is 0 Å². The van der Waals surface area contributed by atoms with E-state index >= 15 is 0 Å². The molecular weight excluding hydrogens is 356 g/mol. The number of pyridine rings is 1. The van der Waals surface area contributed by atoms with Crippen molar-refractivity contribution >= 4 is 11.6 Å². The van der Waals surface area contributed by atoms with Gasteiger partial charge >= 0.3 is 0 Å². The highest BCUT2D eigenvalue weighted by Gasteiger charge is 2.22. The molecule has 0 saturated heterocycles. The van der Waals surface area contributed by atoms with Crippen LogP contribution in [-0.4, -0.2) is 38.1 Å². The smallest absolute Gasteiger partial charge is 0.293 e. The van der Waals surface area contributed by atoms with Crippen LogP contribution in [0.1, 0.15) is 21.9 Å². The number of tetrazole rings is 1. The Morgan fingerprint density at radius 2 is 1.86 bits per heavy atom. The fourth-order valence-electron chi connectivity index (χ4n) is 2.83. The van der Waals surface area contributed by atoms with Crippen LogP contribution in [-0.2, 0) is 6.42 Å². The first-order valence-corrected chi connectivity index (χ1v) is 8.82. The molecule has 0 saturated carbocycles. The van der Waals surface area contributed by atoms with Crippen molar-refractivity contribution in [1.29, 1.82) is 0 Å². The summed E-state index contributed by atoms with van der Waals surface area (Å²) in [5.41, 5.74) is 2.76. The van der Waals surface area contributed by atoms with Crippen LogP contribution in [0.2, 0.25) is 0 Å². The molecule has 0 aliphatic carbocycles. The lowest BCUT2D eigenvalue weighted by Crippen LogP contribution is -2.32. The normalized spacial score (nSPS) is 10.8. The second kappa shape index (κ2) is 7.83. The molecule has 0 radical (unpaired) electrons. The topological polar surface area (TPSA) is 101 Å². The molecular formula is C20H18N6O2. The van der Waals surface area contributed by atoms with E-state index in [0.29, 0.717) is 24.6 Å². The zero-order valence-corrected chi connectivity index (χ0v) is 15.2. The summed E-state index contributed by atoms with van der Waals surface area (Å²) in [6.45, 7) is 2.40. The lowest BCUT2D eigenvalue weighted by Gasteiger charge is -2.21. The van der Waals surface area contributed by atoms with E-state index in [4.69, 9.17) is 4.42 Å². The number of hydrogen-bond donors (Lipinski definition) is 1. The molecule has 0 atom stereocenters. The number of carbonyl (C=O) groups is 1. The average Bonchev–Trinajstić information content (AvgIpc) is 3.42. The fourth-order valence-corrected chi connectivity index (χ4v) is 2.83. The van der Waals surface area contributed by atoms with Crippen LogP contribution in [0.4, 0.5) is 5.69 Å². The Morgan fingerprint density at radius 3 is 2.57 bits per heavy atom. The number of aromatic amines is 1. The molecule has 4 rings (SSSR count). The van der Waals surface area contributed by atoms with Gasteiger partial charge in [-0.2, -0.15) is 5.21 Å². The minimum atomic E-state index is -0.229. The van der Waals surface area contributed by atoms with E-state index in [2.05, 4.69) is 25.6 Å². The second-order valence-electron chi connectivity index (χ2n) is 6.27. The van der Waals surface area contributed by atoms with Crippen molar-refractivity contribution in [2.75, 3.05) is 11.4 Å². The van der Waals surface area contributed by atoms with Gasteiger partial charge in [0.25, 0.3) is 5.91 Å². The summed E-state index contributed by atoms with van der Waals surface area (Å²) in [5.74, 6) is 1.20. The second-order valence-corrected chi connectivity index (χ2v) is 6.27. The largest absolute Gasteiger partial charge is 0.451 e. The molecule has 0 spiro atoms. The lowest BCUT2D eigenvalue weighted by molar-refractivity contribution is 0.0961. The number of H-pyrrole nitrogens is 1. The highest BCUT2D eigenvalue weighted by atomic mass is 16.4. The summed E-state index contributed by atoms with van der Waals surface area (Å²) < 4.78 is 5.83. The van der Waals surface area contributed by atoms with Gasteiger partial charge in [0.15, 0.2) is 11.6 Å². The summed E-state index contributed by atoms with van der Waals surface area (Å²) in [4.78, 5) is 18.8. The average molecular weight is 374 g/mol. The fraction of sp³-hybridized carbons (Fsp3) is 0.150. The quantitative estimate of drug-likeness (QED) is 0.557. The van der Waals surface area contributed by atoms with Gasteiger partial charge in [-0.3, -0.25) is 9.78 Å². The third-order valence-electron chi connectivity index (χ3n) is 4.32. The number of anilines is 1. The summed E-state index contributed by atoms with van der Waals surface area (Å²) in [6, 6.07) is 14.9. The first kappa shape index (κ1) is 17.6. The monoisotopic (exact) mass is 374 g/mol. The van der Waals surface area contributed by atoms with Crippen LogP contribution in [0, 0.1) is 6.92 Å². The predicted octanol–water partition coefficient (Wildman–Crippen LogP) is 3.05. The molecule has 8 nitrogen and oxygen atoms in total. The van der Waals surface area contributed by atoms with Crippen molar-refractivity contribution in [3.63, 3.8) is 0 Å². The van der Waals surface area contributed by atoms with E-state index in [1.165, 1.54) is 0 Å². The standard InChI is InChI=1S/C20H18N6O2/c1-14-2-4-16(5-3-14)26(13-10-19-22-24-25-23-19)20(27)18-7-6-17(28-18)15-8-11-21-12-9-15/h2-9,11-12H,10,13H2,1H3,(H,22,23,24,25). The molecule has 0 aliphatic heterocycles. The molecule has 3 aromatic heterocycles. The third kappa shape index (κ3) is 3.80. The van der Waals surface area contributed by atoms with E-state index in [-0.39, 0.29) is 11.7 Å². The number of carbonyl (C=O) groups excluding carboxylic acids is 1. The van der Waals surface area contributed by atoms with Gasteiger partial charge in [0.2, 0.25) is 0 Å². The maximum absolute atomic E-state index is 13.2. The van der Waals surface area contributed by atoms with E-state index in [1.807, 2.05) is 43.3 Å². The number of furan rings is 1. The Hall–Kier alpha value is -3.81. The third-order valence-corrected chi connectivity index (χ3v) is 4.32. The molecule has 1 amide bonds. The molecule has 0 unspecified atom stereocenters. The Balaban J connectivity index is 1.60. The maximum atomic E-state index is 13.2. The van der Waals surface area contributed by atoms with E-state index in [0.717, 1.165) is 16.8 Å². The van der Waals surface area contributed by atoms with E-state index in [1.54, 1.807) is 29.4 Å². The van der Waals surface area contributed by atoms with Crippen LogP contribution < -0.4 is 4.90 Å². The first-order chi connectivity index (χ1) is 13.7.